The van der Waals surface area contributed by atoms with Crippen molar-refractivity contribution in [1.82, 2.24) is 0 Å². The third-order valence-electron chi connectivity index (χ3n) is 5.15. The molecule has 0 unspecified atom stereocenters. The van der Waals surface area contributed by atoms with Crippen molar-refractivity contribution in [3.05, 3.63) is 66.2 Å². The Balaban J connectivity index is 1.99. The number of rotatable bonds is 3. The number of fused-ring (bicyclic) bond motifs is 3. The van der Waals surface area contributed by atoms with Gasteiger partial charge in [-0.1, -0.05) is 68.2 Å². The summed E-state index contributed by atoms with van der Waals surface area (Å²) in [7, 11) is 0.800. The number of nitrogens with zero attached hydrogens (tertiary/aromatic N) is 1. The van der Waals surface area contributed by atoms with Gasteiger partial charge >= 0.3 is 0 Å². The van der Waals surface area contributed by atoms with Gasteiger partial charge in [-0.25, -0.2) is 0 Å². The van der Waals surface area contributed by atoms with Gasteiger partial charge in [0.2, 0.25) is 0 Å². The third kappa shape index (κ3) is 2.76. The van der Waals surface area contributed by atoms with Crippen LogP contribution in [0, 0.1) is 6.92 Å². The summed E-state index contributed by atoms with van der Waals surface area (Å²) in [6.07, 6.45) is 0. The third-order valence-corrected chi connectivity index (χ3v) is 8.64. The molecule has 0 bridgehead atoms. The lowest BCUT2D eigenvalue weighted by molar-refractivity contribution is 1.20. The molecule has 1 heterocycles. The van der Waals surface area contributed by atoms with Crippen molar-refractivity contribution in [2.45, 2.75) is 26.6 Å². The molecule has 132 valence electrons. The average molecular weight is 376 g/mol. The maximum Gasteiger partial charge on any atom is 0.0794 e. The predicted molar refractivity (Wildman–Crippen MR) is 122 cm³/mol. The highest BCUT2D eigenvalue weighted by atomic mass is 32.1. The van der Waals surface area contributed by atoms with Gasteiger partial charge in [-0.15, -0.1) is 11.3 Å². The normalized spacial score (nSPS) is 12.0. The highest BCUT2D eigenvalue weighted by Gasteiger charge is 2.22. The lowest BCUT2D eigenvalue weighted by atomic mass is 10.1. The second kappa shape index (κ2) is 6.25. The lowest BCUT2D eigenvalue weighted by Gasteiger charge is -2.22. The zero-order valence-electron chi connectivity index (χ0n) is 16.1. The van der Waals surface area contributed by atoms with Crippen LogP contribution in [-0.2, 0) is 0 Å². The molecule has 0 saturated heterocycles. The zero-order chi connectivity index (χ0) is 18.5. The van der Waals surface area contributed by atoms with Crippen molar-refractivity contribution >= 4 is 56.1 Å². The molecule has 3 aromatic carbocycles. The summed E-state index contributed by atoms with van der Waals surface area (Å²) in [5, 5.41) is 4.36. The Labute approximate surface area is 160 Å². The molecule has 0 amide bonds. The molecule has 0 aliphatic carbocycles. The maximum atomic E-state index is 2.44. The van der Waals surface area contributed by atoms with E-state index < -0.39 is 8.07 Å². The monoisotopic (exact) mass is 375 g/mol. The highest BCUT2D eigenvalue weighted by Crippen LogP contribution is 2.41. The van der Waals surface area contributed by atoms with Crippen LogP contribution < -0.4 is 10.1 Å². The van der Waals surface area contributed by atoms with Crippen LogP contribution >= 0.6 is 11.3 Å². The predicted octanol–water partition coefficient (Wildman–Crippen LogP) is 6.68. The Morgan fingerprint density at radius 2 is 1.35 bits per heavy atom. The topological polar surface area (TPSA) is 3.24 Å². The summed E-state index contributed by atoms with van der Waals surface area (Å²) in [5.41, 5.74) is 3.86. The Bertz CT molecular complexity index is 1100. The minimum Gasteiger partial charge on any atom is -0.343 e. The maximum absolute atomic E-state index is 2.44. The molecule has 0 aliphatic rings. The second-order valence-electron chi connectivity index (χ2n) is 8.03. The van der Waals surface area contributed by atoms with E-state index in [1.165, 1.54) is 37.1 Å². The van der Waals surface area contributed by atoms with E-state index in [0.717, 1.165) is 0 Å². The van der Waals surface area contributed by atoms with Crippen molar-refractivity contribution in [2.24, 2.45) is 0 Å². The Kier molecular flexibility index (Phi) is 4.17. The van der Waals surface area contributed by atoms with Crippen molar-refractivity contribution < 1.29 is 0 Å². The van der Waals surface area contributed by atoms with Crippen LogP contribution in [0.25, 0.3) is 20.2 Å². The molecular weight excluding hydrogens is 350 g/mol. The van der Waals surface area contributed by atoms with Gasteiger partial charge in [-0.2, -0.15) is 0 Å². The summed E-state index contributed by atoms with van der Waals surface area (Å²) < 4.78 is 2.87. The molecular formula is C23H25NSSi. The van der Waals surface area contributed by atoms with Gasteiger partial charge in [-0.05, 0) is 29.8 Å². The van der Waals surface area contributed by atoms with Gasteiger partial charge in [0.1, 0.15) is 0 Å². The van der Waals surface area contributed by atoms with E-state index in [-0.39, 0.29) is 0 Å². The fourth-order valence-electron chi connectivity index (χ4n) is 3.73. The molecule has 0 spiro atoms. The summed E-state index contributed by atoms with van der Waals surface area (Å²) >= 11 is 1.96. The van der Waals surface area contributed by atoms with Crippen LogP contribution in [-0.4, -0.2) is 15.1 Å². The smallest absolute Gasteiger partial charge is 0.0794 e. The number of benzene rings is 3. The molecule has 1 aromatic heterocycles. The second-order valence-corrected chi connectivity index (χ2v) is 14.1. The summed E-state index contributed by atoms with van der Waals surface area (Å²) in [6.45, 7) is 9.49. The van der Waals surface area contributed by atoms with E-state index in [2.05, 4.69) is 99.2 Å². The number of para-hydroxylation sites is 1. The lowest BCUT2D eigenvalue weighted by Crippen LogP contribution is -2.37. The van der Waals surface area contributed by atoms with Crippen molar-refractivity contribution in [3.63, 3.8) is 0 Å². The summed E-state index contributed by atoms with van der Waals surface area (Å²) in [4.78, 5) is 2.33. The first-order valence-corrected chi connectivity index (χ1v) is 13.4. The van der Waals surface area contributed by atoms with E-state index in [4.69, 9.17) is 0 Å². The van der Waals surface area contributed by atoms with Gasteiger partial charge in [0.25, 0.3) is 0 Å². The first-order valence-electron chi connectivity index (χ1n) is 9.12. The SMILES string of the molecule is Cc1ccccc1N(C)c1cccc2c1sc1c([Si](C)(C)C)cccc12. The number of anilines is 2. The largest absolute Gasteiger partial charge is 0.343 e. The molecule has 0 saturated carbocycles. The zero-order valence-corrected chi connectivity index (χ0v) is 17.9. The fraction of sp³-hybridized carbons (Fsp3) is 0.217. The molecule has 0 N–H and O–H groups in total. The molecule has 0 atom stereocenters. The van der Waals surface area contributed by atoms with E-state index in [1.807, 2.05) is 11.3 Å². The van der Waals surface area contributed by atoms with Crippen LogP contribution in [0.1, 0.15) is 5.56 Å². The standard InChI is InChI=1S/C23H25NSSi/c1-16-10-6-7-13-19(16)24(2)20-14-8-11-17-18-12-9-15-21(26(3,4)5)23(18)25-22(17)20/h6-15H,1-5H3. The molecule has 1 nitrogen and oxygen atoms in total. The Hall–Kier alpha value is -2.10. The molecule has 26 heavy (non-hydrogen) atoms. The van der Waals surface area contributed by atoms with E-state index in [9.17, 15) is 0 Å². The van der Waals surface area contributed by atoms with Crippen LogP contribution in [0.15, 0.2) is 60.7 Å². The van der Waals surface area contributed by atoms with Crippen LogP contribution in [0.5, 0.6) is 0 Å². The van der Waals surface area contributed by atoms with Crippen LogP contribution in [0.2, 0.25) is 19.6 Å². The molecule has 4 rings (SSSR count). The molecule has 0 aliphatic heterocycles. The quantitative estimate of drug-likeness (QED) is 0.361. The summed E-state index contributed by atoms with van der Waals surface area (Å²) in [5.74, 6) is 0. The molecule has 3 heteroatoms. The Morgan fingerprint density at radius 1 is 0.731 bits per heavy atom. The van der Waals surface area contributed by atoms with Crippen molar-refractivity contribution in [3.8, 4) is 0 Å². The van der Waals surface area contributed by atoms with Crippen LogP contribution in [0.3, 0.4) is 0 Å². The van der Waals surface area contributed by atoms with E-state index >= 15 is 0 Å². The van der Waals surface area contributed by atoms with Gasteiger partial charge in [0.15, 0.2) is 0 Å². The summed E-state index contributed by atoms with van der Waals surface area (Å²) in [6, 6.07) is 22.2. The Morgan fingerprint density at radius 3 is 2.04 bits per heavy atom. The van der Waals surface area contributed by atoms with Crippen molar-refractivity contribution in [2.75, 3.05) is 11.9 Å². The van der Waals surface area contributed by atoms with Gasteiger partial charge < -0.3 is 4.90 Å². The molecule has 0 radical (unpaired) electrons. The first-order chi connectivity index (χ1) is 12.4. The molecule has 4 aromatic rings. The van der Waals surface area contributed by atoms with Crippen molar-refractivity contribution in [1.29, 1.82) is 0 Å². The number of thiophene rings is 1. The minimum atomic E-state index is -1.38. The van der Waals surface area contributed by atoms with Crippen LogP contribution in [0.4, 0.5) is 11.4 Å². The average Bonchev–Trinajstić information content (AvgIpc) is 2.99. The van der Waals surface area contributed by atoms with E-state index in [0.29, 0.717) is 0 Å². The minimum absolute atomic E-state index is 1.27. The van der Waals surface area contributed by atoms with Gasteiger partial charge in [0.05, 0.1) is 18.5 Å². The van der Waals surface area contributed by atoms with Gasteiger partial charge in [-0.3, -0.25) is 0 Å². The first kappa shape index (κ1) is 17.3. The number of hydrogen-bond donors (Lipinski definition) is 0. The number of aryl methyl sites for hydroxylation is 1. The van der Waals surface area contributed by atoms with E-state index in [1.54, 1.807) is 5.19 Å². The highest BCUT2D eigenvalue weighted by molar-refractivity contribution is 7.28. The number of hydrogen-bond acceptors (Lipinski definition) is 2. The fourth-order valence-corrected chi connectivity index (χ4v) is 7.48. The van der Waals surface area contributed by atoms with Gasteiger partial charge in [0, 0.05) is 28.2 Å². The molecule has 0 fully saturated rings.